The van der Waals surface area contributed by atoms with Crippen molar-refractivity contribution in [3.8, 4) is 5.75 Å². The van der Waals surface area contributed by atoms with Crippen LogP contribution in [0.5, 0.6) is 5.75 Å². The van der Waals surface area contributed by atoms with Gasteiger partial charge in [0, 0.05) is 12.6 Å². The molecule has 0 aliphatic carbocycles. The molecule has 6 nitrogen and oxygen atoms in total. The maximum absolute atomic E-state index is 11.4. The number of benzene rings is 1. The largest absolute Gasteiger partial charge is 0.487 e. The van der Waals surface area contributed by atoms with Crippen LogP contribution in [-0.2, 0) is 0 Å². The van der Waals surface area contributed by atoms with E-state index in [0.29, 0.717) is 30.5 Å². The summed E-state index contributed by atoms with van der Waals surface area (Å²) in [5.41, 5.74) is 6.41. The van der Waals surface area contributed by atoms with Gasteiger partial charge in [-0.25, -0.2) is 0 Å². The van der Waals surface area contributed by atoms with Gasteiger partial charge < -0.3 is 15.4 Å². The lowest BCUT2D eigenvalue weighted by Gasteiger charge is -2.24. The molecule has 1 saturated heterocycles. The minimum Gasteiger partial charge on any atom is -0.487 e. The zero-order chi connectivity index (χ0) is 14.7. The highest BCUT2D eigenvalue weighted by Gasteiger charge is 2.33. The summed E-state index contributed by atoms with van der Waals surface area (Å²) in [5.74, 6) is 0.721. The van der Waals surface area contributed by atoms with E-state index >= 15 is 0 Å². The molecule has 1 fully saturated rings. The third-order valence-electron chi connectivity index (χ3n) is 3.76. The number of nitro groups is 1. The Hall–Kier alpha value is -1.82. The Morgan fingerprint density at radius 3 is 2.85 bits per heavy atom. The third-order valence-corrected chi connectivity index (χ3v) is 3.76. The van der Waals surface area contributed by atoms with Gasteiger partial charge in [0.15, 0.2) is 5.75 Å². The fraction of sp³-hybridized carbons (Fsp3) is 0.571. The quantitative estimate of drug-likeness (QED) is 0.660. The zero-order valence-electron chi connectivity index (χ0n) is 11.9. The number of nitrogens with two attached hydrogens (primary N) is 1. The number of nitrogens with zero attached hydrogens (tertiary/aromatic N) is 2. The van der Waals surface area contributed by atoms with Crippen molar-refractivity contribution in [3.63, 3.8) is 0 Å². The smallest absolute Gasteiger partial charge is 0.333 e. The van der Waals surface area contributed by atoms with Gasteiger partial charge >= 0.3 is 5.69 Å². The van der Waals surface area contributed by atoms with E-state index in [4.69, 9.17) is 10.5 Å². The highest BCUT2D eigenvalue weighted by molar-refractivity contribution is 5.70. The Morgan fingerprint density at radius 2 is 2.30 bits per heavy atom. The van der Waals surface area contributed by atoms with E-state index in [0.717, 1.165) is 13.0 Å². The van der Waals surface area contributed by atoms with Crippen LogP contribution in [0.25, 0.3) is 0 Å². The summed E-state index contributed by atoms with van der Waals surface area (Å²) < 4.78 is 5.39. The second-order valence-electron chi connectivity index (χ2n) is 5.15. The van der Waals surface area contributed by atoms with Crippen LogP contribution in [-0.4, -0.2) is 30.7 Å². The first-order valence-electron chi connectivity index (χ1n) is 6.95. The monoisotopic (exact) mass is 279 g/mol. The van der Waals surface area contributed by atoms with E-state index in [1.807, 2.05) is 6.92 Å². The molecule has 0 bridgehead atoms. The topological polar surface area (TPSA) is 81.6 Å². The van der Waals surface area contributed by atoms with Crippen LogP contribution in [0, 0.1) is 16.0 Å². The molecule has 20 heavy (non-hydrogen) atoms. The number of para-hydroxylation sites is 1. The first-order valence-corrected chi connectivity index (χ1v) is 6.95. The number of hydrogen-bond donors (Lipinski definition) is 1. The Labute approximate surface area is 118 Å². The van der Waals surface area contributed by atoms with Crippen LogP contribution in [0.4, 0.5) is 11.4 Å². The van der Waals surface area contributed by atoms with Crippen LogP contribution in [0.2, 0.25) is 0 Å². The first-order chi connectivity index (χ1) is 9.58. The predicted octanol–water partition coefficient (Wildman–Crippen LogP) is 2.17. The summed E-state index contributed by atoms with van der Waals surface area (Å²) in [5, 5.41) is 11.4. The second-order valence-corrected chi connectivity index (χ2v) is 5.15. The summed E-state index contributed by atoms with van der Waals surface area (Å²) in [7, 11) is 0. The van der Waals surface area contributed by atoms with Crippen molar-refractivity contribution in [2.75, 3.05) is 24.6 Å². The lowest BCUT2D eigenvalue weighted by atomic mass is 10.1. The molecule has 6 heteroatoms. The molecule has 1 aromatic carbocycles. The molecule has 0 amide bonds. The standard InChI is InChI=1S/C14H21N3O3/c1-3-20-13-6-4-5-12(14(13)17(18)19)16-9-11(8-15)7-10(16)2/h4-6,10-11H,3,7-9,15H2,1-2H3. The number of rotatable bonds is 5. The fourth-order valence-corrected chi connectivity index (χ4v) is 2.85. The SMILES string of the molecule is CCOc1cccc(N2CC(CN)CC2C)c1[N+](=O)[O-]. The van der Waals surface area contributed by atoms with Crippen molar-refractivity contribution in [3.05, 3.63) is 28.3 Å². The maximum atomic E-state index is 11.4. The van der Waals surface area contributed by atoms with Crippen LogP contribution < -0.4 is 15.4 Å². The Kier molecular flexibility index (Phi) is 4.44. The Bertz CT molecular complexity index is 493. The van der Waals surface area contributed by atoms with Gasteiger partial charge in [0.1, 0.15) is 5.69 Å². The Balaban J connectivity index is 2.41. The van der Waals surface area contributed by atoms with Crippen LogP contribution in [0.1, 0.15) is 20.3 Å². The van der Waals surface area contributed by atoms with E-state index < -0.39 is 0 Å². The summed E-state index contributed by atoms with van der Waals surface area (Å²) in [6.07, 6.45) is 0.965. The number of ether oxygens (including phenoxy) is 1. The highest BCUT2D eigenvalue weighted by Crippen LogP contribution is 2.40. The van der Waals surface area contributed by atoms with Gasteiger partial charge in [-0.15, -0.1) is 0 Å². The van der Waals surface area contributed by atoms with E-state index in [1.165, 1.54) is 0 Å². The minimum absolute atomic E-state index is 0.0545. The molecule has 0 radical (unpaired) electrons. The number of hydrogen-bond acceptors (Lipinski definition) is 5. The molecule has 0 spiro atoms. The van der Waals surface area contributed by atoms with Crippen molar-refractivity contribution in [2.45, 2.75) is 26.3 Å². The lowest BCUT2D eigenvalue weighted by molar-refractivity contribution is -0.385. The van der Waals surface area contributed by atoms with Crippen molar-refractivity contribution >= 4 is 11.4 Å². The van der Waals surface area contributed by atoms with Crippen LogP contribution in [0.15, 0.2) is 18.2 Å². The molecule has 0 aromatic heterocycles. The molecule has 1 aromatic rings. The Morgan fingerprint density at radius 1 is 1.55 bits per heavy atom. The predicted molar refractivity (Wildman–Crippen MR) is 78.2 cm³/mol. The molecule has 1 aliphatic heterocycles. The van der Waals surface area contributed by atoms with Gasteiger partial charge in [-0.3, -0.25) is 10.1 Å². The van der Waals surface area contributed by atoms with Crippen molar-refractivity contribution in [1.29, 1.82) is 0 Å². The summed E-state index contributed by atoms with van der Waals surface area (Å²) in [4.78, 5) is 13.1. The van der Waals surface area contributed by atoms with Crippen molar-refractivity contribution < 1.29 is 9.66 Å². The molecule has 0 saturated carbocycles. The number of nitro benzene ring substituents is 1. The molecule has 2 unspecified atom stereocenters. The highest BCUT2D eigenvalue weighted by atomic mass is 16.6. The van der Waals surface area contributed by atoms with E-state index in [-0.39, 0.29) is 16.7 Å². The minimum atomic E-state index is -0.358. The van der Waals surface area contributed by atoms with Gasteiger partial charge in [-0.2, -0.15) is 0 Å². The molecule has 1 heterocycles. The third kappa shape index (κ3) is 2.70. The average Bonchev–Trinajstić information content (AvgIpc) is 2.80. The molecule has 2 rings (SSSR count). The number of anilines is 1. The summed E-state index contributed by atoms with van der Waals surface area (Å²) in [6.45, 7) is 5.67. The molecule has 2 atom stereocenters. The van der Waals surface area contributed by atoms with Gasteiger partial charge in [0.05, 0.1) is 11.5 Å². The van der Waals surface area contributed by atoms with Crippen molar-refractivity contribution in [1.82, 2.24) is 0 Å². The van der Waals surface area contributed by atoms with Gasteiger partial charge in [-0.05, 0) is 44.9 Å². The van der Waals surface area contributed by atoms with E-state index in [2.05, 4.69) is 11.8 Å². The molecular formula is C14H21N3O3. The average molecular weight is 279 g/mol. The lowest BCUT2D eigenvalue weighted by Crippen LogP contribution is -2.28. The normalized spacial score (nSPS) is 22.1. The van der Waals surface area contributed by atoms with E-state index in [9.17, 15) is 10.1 Å². The van der Waals surface area contributed by atoms with Crippen molar-refractivity contribution in [2.24, 2.45) is 11.7 Å². The van der Waals surface area contributed by atoms with Crippen LogP contribution in [0.3, 0.4) is 0 Å². The first kappa shape index (κ1) is 14.6. The van der Waals surface area contributed by atoms with E-state index in [1.54, 1.807) is 18.2 Å². The fourth-order valence-electron chi connectivity index (χ4n) is 2.85. The molecular weight excluding hydrogens is 258 g/mol. The van der Waals surface area contributed by atoms with Gasteiger partial charge in [0.25, 0.3) is 0 Å². The summed E-state index contributed by atoms with van der Waals surface area (Å²) >= 11 is 0. The zero-order valence-corrected chi connectivity index (χ0v) is 11.9. The molecule has 2 N–H and O–H groups in total. The van der Waals surface area contributed by atoms with Gasteiger partial charge in [0.2, 0.25) is 0 Å². The molecule has 110 valence electrons. The summed E-state index contributed by atoms with van der Waals surface area (Å²) in [6, 6.07) is 5.48. The van der Waals surface area contributed by atoms with Crippen LogP contribution >= 0.6 is 0 Å². The van der Waals surface area contributed by atoms with Gasteiger partial charge in [-0.1, -0.05) is 6.07 Å². The maximum Gasteiger partial charge on any atom is 0.333 e. The second kappa shape index (κ2) is 6.09. The molecule has 1 aliphatic rings.